The van der Waals surface area contributed by atoms with Crippen LogP contribution in [0.15, 0.2) is 12.3 Å². The van der Waals surface area contributed by atoms with E-state index in [0.717, 1.165) is 37.2 Å². The van der Waals surface area contributed by atoms with E-state index in [9.17, 15) is 9.59 Å². The number of aryl methyl sites for hydroxylation is 1. The number of Topliss-reactive ketones (excluding diaryl/α,β-unsaturated/α-hetero) is 1. The molecule has 0 atom stereocenters. The molecule has 2 heterocycles. The minimum atomic E-state index is 0.0999. The molecule has 2 rings (SSSR count). The van der Waals surface area contributed by atoms with Crippen molar-refractivity contribution in [1.82, 2.24) is 4.98 Å². The molecule has 0 spiro atoms. The first-order chi connectivity index (χ1) is 9.17. The topological polar surface area (TPSA) is 50.3 Å². The smallest absolute Gasteiger partial charge is 0.226 e. The van der Waals surface area contributed by atoms with E-state index in [1.165, 1.54) is 0 Å². The van der Waals surface area contributed by atoms with Crippen LogP contribution in [0.2, 0.25) is 0 Å². The lowest BCUT2D eigenvalue weighted by Gasteiger charge is -2.28. The average molecular weight is 260 g/mol. The van der Waals surface area contributed by atoms with E-state index in [4.69, 9.17) is 0 Å². The van der Waals surface area contributed by atoms with Gasteiger partial charge >= 0.3 is 0 Å². The van der Waals surface area contributed by atoms with Gasteiger partial charge in [0.25, 0.3) is 0 Å². The summed E-state index contributed by atoms with van der Waals surface area (Å²) >= 11 is 0. The summed E-state index contributed by atoms with van der Waals surface area (Å²) in [5, 5.41) is 0. The summed E-state index contributed by atoms with van der Waals surface area (Å²) in [5.74, 6) is 0.204. The van der Waals surface area contributed by atoms with Crippen molar-refractivity contribution in [2.24, 2.45) is 0 Å². The fraction of sp³-hybridized carbons (Fsp3) is 0.533. The minimum Gasteiger partial charge on any atom is -0.311 e. The molecule has 0 aliphatic carbocycles. The Kier molecular flexibility index (Phi) is 4.30. The standard InChI is InChI=1S/C15H20N2O2/c1-3-6-14(18)11-9-13-12(16-10-11)7-5-8-17(13)15(19)4-2/h9-10H,3-8H2,1-2H3. The van der Waals surface area contributed by atoms with E-state index >= 15 is 0 Å². The number of hydrogen-bond donors (Lipinski definition) is 0. The molecule has 0 bridgehead atoms. The van der Waals surface area contributed by atoms with E-state index in [2.05, 4.69) is 4.98 Å². The van der Waals surface area contributed by atoms with Crippen molar-refractivity contribution in [3.8, 4) is 0 Å². The predicted molar refractivity (Wildman–Crippen MR) is 74.4 cm³/mol. The van der Waals surface area contributed by atoms with Crippen LogP contribution in [0.4, 0.5) is 5.69 Å². The highest BCUT2D eigenvalue weighted by atomic mass is 16.2. The number of hydrogen-bond acceptors (Lipinski definition) is 3. The van der Waals surface area contributed by atoms with Gasteiger partial charge in [0.15, 0.2) is 5.78 Å². The van der Waals surface area contributed by atoms with Gasteiger partial charge in [-0.1, -0.05) is 13.8 Å². The van der Waals surface area contributed by atoms with E-state index in [1.807, 2.05) is 19.9 Å². The first kappa shape index (κ1) is 13.7. The first-order valence-electron chi connectivity index (χ1n) is 6.99. The molecule has 1 aromatic rings. The zero-order valence-corrected chi connectivity index (χ0v) is 11.6. The van der Waals surface area contributed by atoms with Crippen LogP contribution in [0.25, 0.3) is 0 Å². The molecule has 1 aliphatic rings. The largest absolute Gasteiger partial charge is 0.311 e. The second-order valence-corrected chi connectivity index (χ2v) is 4.87. The van der Waals surface area contributed by atoms with E-state index in [-0.39, 0.29) is 11.7 Å². The van der Waals surface area contributed by atoms with Gasteiger partial charge in [0.1, 0.15) is 0 Å². The molecule has 1 amide bonds. The van der Waals surface area contributed by atoms with Crippen molar-refractivity contribution in [3.05, 3.63) is 23.5 Å². The number of pyridine rings is 1. The summed E-state index contributed by atoms with van der Waals surface area (Å²) < 4.78 is 0. The van der Waals surface area contributed by atoms with Crippen LogP contribution in [0.3, 0.4) is 0 Å². The maximum absolute atomic E-state index is 11.9. The first-order valence-corrected chi connectivity index (χ1v) is 6.99. The zero-order valence-electron chi connectivity index (χ0n) is 11.6. The second-order valence-electron chi connectivity index (χ2n) is 4.87. The van der Waals surface area contributed by atoms with Gasteiger partial charge in [0.2, 0.25) is 5.91 Å². The van der Waals surface area contributed by atoms with Crippen molar-refractivity contribution in [3.63, 3.8) is 0 Å². The highest BCUT2D eigenvalue weighted by Gasteiger charge is 2.23. The van der Waals surface area contributed by atoms with Gasteiger partial charge in [-0.15, -0.1) is 0 Å². The van der Waals surface area contributed by atoms with Gasteiger partial charge < -0.3 is 4.90 Å². The zero-order chi connectivity index (χ0) is 13.8. The fourth-order valence-corrected chi connectivity index (χ4v) is 2.41. The Morgan fingerprint density at radius 2 is 2.16 bits per heavy atom. The number of anilines is 1. The number of carbonyl (C=O) groups is 2. The van der Waals surface area contributed by atoms with Gasteiger partial charge in [-0.2, -0.15) is 0 Å². The third kappa shape index (κ3) is 2.83. The molecule has 0 unspecified atom stereocenters. The Morgan fingerprint density at radius 1 is 1.37 bits per heavy atom. The molecule has 4 nitrogen and oxygen atoms in total. The van der Waals surface area contributed by atoms with E-state index < -0.39 is 0 Å². The van der Waals surface area contributed by atoms with Crippen molar-refractivity contribution >= 4 is 17.4 Å². The van der Waals surface area contributed by atoms with Crippen molar-refractivity contribution in [2.45, 2.75) is 46.0 Å². The summed E-state index contributed by atoms with van der Waals surface area (Å²) in [6.45, 7) is 4.57. The van der Waals surface area contributed by atoms with Crippen LogP contribution >= 0.6 is 0 Å². The number of rotatable bonds is 4. The molecule has 0 saturated carbocycles. The Morgan fingerprint density at radius 3 is 2.84 bits per heavy atom. The van der Waals surface area contributed by atoms with E-state index in [0.29, 0.717) is 18.4 Å². The maximum atomic E-state index is 11.9. The van der Waals surface area contributed by atoms with Crippen LogP contribution in [-0.4, -0.2) is 23.2 Å². The number of nitrogens with zero attached hydrogens (tertiary/aromatic N) is 2. The lowest BCUT2D eigenvalue weighted by atomic mass is 10.0. The number of aromatic nitrogens is 1. The predicted octanol–water partition coefficient (Wildman–Crippen LogP) is 2.75. The lowest BCUT2D eigenvalue weighted by Crippen LogP contribution is -2.35. The third-order valence-electron chi connectivity index (χ3n) is 3.44. The molecule has 0 saturated heterocycles. The minimum absolute atomic E-state index is 0.0999. The normalized spacial score (nSPS) is 14.1. The van der Waals surface area contributed by atoms with Gasteiger partial charge in [-0.3, -0.25) is 14.6 Å². The van der Waals surface area contributed by atoms with E-state index in [1.54, 1.807) is 11.1 Å². The summed E-state index contributed by atoms with van der Waals surface area (Å²) in [6, 6.07) is 1.84. The molecule has 102 valence electrons. The number of ketones is 1. The summed E-state index contributed by atoms with van der Waals surface area (Å²) in [6.07, 6.45) is 5.30. The molecule has 4 heteroatoms. The van der Waals surface area contributed by atoms with Crippen LogP contribution in [0.1, 0.15) is 55.6 Å². The third-order valence-corrected chi connectivity index (χ3v) is 3.44. The lowest BCUT2D eigenvalue weighted by molar-refractivity contribution is -0.118. The van der Waals surface area contributed by atoms with Gasteiger partial charge in [-0.05, 0) is 25.3 Å². The van der Waals surface area contributed by atoms with Crippen LogP contribution < -0.4 is 4.90 Å². The molecule has 0 radical (unpaired) electrons. The monoisotopic (exact) mass is 260 g/mol. The van der Waals surface area contributed by atoms with Crippen molar-refractivity contribution in [2.75, 3.05) is 11.4 Å². The average Bonchev–Trinajstić information content (AvgIpc) is 2.45. The quantitative estimate of drug-likeness (QED) is 0.782. The number of amides is 1. The molecule has 1 aromatic heterocycles. The summed E-state index contributed by atoms with van der Waals surface area (Å²) in [5.41, 5.74) is 2.39. The van der Waals surface area contributed by atoms with Crippen LogP contribution in [0, 0.1) is 0 Å². The van der Waals surface area contributed by atoms with Gasteiger partial charge in [0.05, 0.1) is 11.4 Å². The highest BCUT2D eigenvalue weighted by molar-refractivity contribution is 5.99. The molecule has 1 aliphatic heterocycles. The van der Waals surface area contributed by atoms with Gasteiger partial charge in [-0.25, -0.2) is 0 Å². The number of fused-ring (bicyclic) bond motifs is 1. The van der Waals surface area contributed by atoms with Crippen molar-refractivity contribution < 1.29 is 9.59 Å². The summed E-state index contributed by atoms with van der Waals surface area (Å²) in [7, 11) is 0. The highest BCUT2D eigenvalue weighted by Crippen LogP contribution is 2.27. The molecule has 19 heavy (non-hydrogen) atoms. The molecule has 0 N–H and O–H groups in total. The van der Waals surface area contributed by atoms with Crippen LogP contribution in [0.5, 0.6) is 0 Å². The second kappa shape index (κ2) is 5.95. The molecule has 0 fully saturated rings. The molecular weight excluding hydrogens is 240 g/mol. The molecular formula is C15H20N2O2. The number of carbonyl (C=O) groups excluding carboxylic acids is 2. The summed E-state index contributed by atoms with van der Waals surface area (Å²) in [4.78, 5) is 30.0. The van der Waals surface area contributed by atoms with Crippen molar-refractivity contribution in [1.29, 1.82) is 0 Å². The van der Waals surface area contributed by atoms with Crippen LogP contribution in [-0.2, 0) is 11.2 Å². The Labute approximate surface area is 113 Å². The fourth-order valence-electron chi connectivity index (χ4n) is 2.41. The Balaban J connectivity index is 2.35. The Hall–Kier alpha value is -1.71. The maximum Gasteiger partial charge on any atom is 0.226 e. The molecule has 0 aromatic carbocycles. The van der Waals surface area contributed by atoms with Gasteiger partial charge in [0, 0.05) is 31.1 Å². The Bertz CT molecular complexity index is 497. The SMILES string of the molecule is CCCC(=O)c1cnc2c(c1)N(C(=O)CC)CCC2.